The first kappa shape index (κ1) is 23.5. The fourth-order valence-corrected chi connectivity index (χ4v) is 5.12. The van der Waals surface area contributed by atoms with Crippen molar-refractivity contribution < 1.29 is 19.4 Å². The maximum Gasteiger partial charge on any atom is 0.257 e. The minimum Gasteiger partial charge on any atom is -0.490 e. The molecule has 2 aliphatic heterocycles. The van der Waals surface area contributed by atoms with Crippen molar-refractivity contribution in [3.8, 4) is 17.2 Å². The zero-order valence-electron chi connectivity index (χ0n) is 20.5. The van der Waals surface area contributed by atoms with Crippen LogP contribution < -0.4 is 9.47 Å². The molecule has 1 N–H and O–H groups in total. The van der Waals surface area contributed by atoms with Crippen LogP contribution >= 0.6 is 0 Å². The van der Waals surface area contributed by atoms with Gasteiger partial charge < -0.3 is 19.5 Å². The van der Waals surface area contributed by atoms with Gasteiger partial charge in [-0.1, -0.05) is 36.4 Å². The molecule has 1 atom stereocenters. The summed E-state index contributed by atoms with van der Waals surface area (Å²) in [6.45, 7) is 3.27. The Hall–Kier alpha value is -3.94. The first-order chi connectivity index (χ1) is 18.2. The number of para-hydroxylation sites is 2. The highest BCUT2D eigenvalue weighted by Crippen LogP contribution is 2.39. The number of aliphatic hydroxyl groups excluding tert-OH is 1. The standard InChI is InChI=1S/C30H29N3O4/c34-23(20-36-28-12-4-10-26-24(28)9-5-13-31-26)19-32-14-16-33(17-15-32)30(35)25-8-3-7-22-18-21-6-1-2-11-27(21)37-29(22)25/h1-13,23,34H,14-20H2. The number of amides is 1. The van der Waals surface area contributed by atoms with E-state index in [2.05, 4.69) is 16.0 Å². The van der Waals surface area contributed by atoms with Gasteiger partial charge in [-0.05, 0) is 42.0 Å². The van der Waals surface area contributed by atoms with E-state index in [4.69, 9.17) is 9.47 Å². The van der Waals surface area contributed by atoms with Gasteiger partial charge in [0.15, 0.2) is 0 Å². The SMILES string of the molecule is O=C(c1cccc2c1Oc1ccccc1C2)N1CCN(CC(O)COc2cccc3ncccc23)CC1. The zero-order chi connectivity index (χ0) is 25.2. The summed E-state index contributed by atoms with van der Waals surface area (Å²) in [4.78, 5) is 21.8. The van der Waals surface area contributed by atoms with Crippen LogP contribution in [0.2, 0.25) is 0 Å². The average Bonchev–Trinajstić information content (AvgIpc) is 2.94. The molecule has 7 nitrogen and oxygen atoms in total. The normalized spacial score (nSPS) is 16.0. The quantitative estimate of drug-likeness (QED) is 0.382. The number of hydrogen-bond donors (Lipinski definition) is 1. The number of aromatic nitrogens is 1. The molecule has 2 aliphatic rings. The van der Waals surface area contributed by atoms with Crippen LogP contribution in [0.15, 0.2) is 79.0 Å². The maximum atomic E-state index is 13.4. The number of rotatable bonds is 6. The molecule has 0 aliphatic carbocycles. The van der Waals surface area contributed by atoms with Gasteiger partial charge in [0, 0.05) is 56.3 Å². The third kappa shape index (κ3) is 4.88. The minimum absolute atomic E-state index is 0.00988. The van der Waals surface area contributed by atoms with Crippen LogP contribution in [0.25, 0.3) is 10.9 Å². The topological polar surface area (TPSA) is 75.1 Å². The Morgan fingerprint density at radius 2 is 1.76 bits per heavy atom. The highest BCUT2D eigenvalue weighted by Gasteiger charge is 2.28. The number of ether oxygens (including phenoxy) is 2. The predicted octanol–water partition coefficient (Wildman–Crippen LogP) is 4.13. The van der Waals surface area contributed by atoms with E-state index in [1.807, 2.05) is 71.6 Å². The molecule has 0 saturated carbocycles. The van der Waals surface area contributed by atoms with Crippen molar-refractivity contribution in [3.63, 3.8) is 0 Å². The molecule has 1 saturated heterocycles. The van der Waals surface area contributed by atoms with Crippen molar-refractivity contribution in [1.82, 2.24) is 14.8 Å². The van der Waals surface area contributed by atoms with Crippen molar-refractivity contribution in [1.29, 1.82) is 0 Å². The summed E-state index contributed by atoms with van der Waals surface area (Å²) in [6, 6.07) is 23.4. The van der Waals surface area contributed by atoms with E-state index in [1.54, 1.807) is 6.20 Å². The number of piperazine rings is 1. The van der Waals surface area contributed by atoms with Crippen molar-refractivity contribution in [2.24, 2.45) is 0 Å². The van der Waals surface area contributed by atoms with E-state index in [0.717, 1.165) is 39.9 Å². The van der Waals surface area contributed by atoms with Crippen LogP contribution in [0.3, 0.4) is 0 Å². The zero-order valence-corrected chi connectivity index (χ0v) is 20.5. The molecule has 4 aromatic rings. The second kappa shape index (κ2) is 10.2. The summed E-state index contributed by atoms with van der Waals surface area (Å²) in [5.41, 5.74) is 3.64. The van der Waals surface area contributed by atoms with Crippen LogP contribution in [0, 0.1) is 0 Å². The van der Waals surface area contributed by atoms with E-state index in [-0.39, 0.29) is 12.5 Å². The molecule has 3 heterocycles. The van der Waals surface area contributed by atoms with E-state index in [9.17, 15) is 9.90 Å². The number of nitrogens with zero attached hydrogens (tertiary/aromatic N) is 3. The molecule has 188 valence electrons. The smallest absolute Gasteiger partial charge is 0.257 e. The second-order valence-electron chi connectivity index (χ2n) is 9.56. The van der Waals surface area contributed by atoms with Crippen LogP contribution in [-0.2, 0) is 6.42 Å². The molecule has 0 radical (unpaired) electrons. The van der Waals surface area contributed by atoms with Crippen LogP contribution in [0.5, 0.6) is 17.2 Å². The summed E-state index contributed by atoms with van der Waals surface area (Å²) in [6.07, 6.45) is 1.88. The second-order valence-corrected chi connectivity index (χ2v) is 9.56. The van der Waals surface area contributed by atoms with Crippen molar-refractivity contribution >= 4 is 16.8 Å². The van der Waals surface area contributed by atoms with Crippen molar-refractivity contribution in [2.45, 2.75) is 12.5 Å². The van der Waals surface area contributed by atoms with Gasteiger partial charge in [-0.2, -0.15) is 0 Å². The average molecular weight is 496 g/mol. The Balaban J connectivity index is 1.04. The van der Waals surface area contributed by atoms with E-state index in [1.165, 1.54) is 0 Å². The number of benzene rings is 3. The molecule has 6 rings (SSSR count). The Morgan fingerprint density at radius 3 is 2.65 bits per heavy atom. The van der Waals surface area contributed by atoms with Gasteiger partial charge in [-0.15, -0.1) is 0 Å². The minimum atomic E-state index is -0.635. The van der Waals surface area contributed by atoms with Gasteiger partial charge in [-0.3, -0.25) is 14.7 Å². The monoisotopic (exact) mass is 495 g/mol. The number of β-amino-alcohol motifs (C(OH)–C–C–N with tert-alkyl or cyclic N) is 1. The lowest BCUT2D eigenvalue weighted by Gasteiger charge is -2.36. The fourth-order valence-electron chi connectivity index (χ4n) is 5.12. The number of aliphatic hydroxyl groups is 1. The number of pyridine rings is 1. The van der Waals surface area contributed by atoms with Gasteiger partial charge in [0.05, 0.1) is 11.1 Å². The third-order valence-electron chi connectivity index (χ3n) is 7.06. The lowest BCUT2D eigenvalue weighted by molar-refractivity contribution is 0.0405. The Morgan fingerprint density at radius 1 is 0.946 bits per heavy atom. The summed E-state index contributed by atoms with van der Waals surface area (Å²) in [5.74, 6) is 2.20. The summed E-state index contributed by atoms with van der Waals surface area (Å²) in [5, 5.41) is 11.6. The molecule has 37 heavy (non-hydrogen) atoms. The van der Waals surface area contributed by atoms with E-state index < -0.39 is 6.10 Å². The fraction of sp³-hybridized carbons (Fsp3) is 0.267. The van der Waals surface area contributed by atoms with Gasteiger partial charge in [0.1, 0.15) is 30.0 Å². The Bertz CT molecular complexity index is 1430. The van der Waals surface area contributed by atoms with Crippen LogP contribution in [0.4, 0.5) is 0 Å². The highest BCUT2D eigenvalue weighted by molar-refractivity contribution is 5.97. The first-order valence-corrected chi connectivity index (χ1v) is 12.7. The molecular formula is C30H29N3O4. The Kier molecular flexibility index (Phi) is 6.47. The van der Waals surface area contributed by atoms with Gasteiger partial charge in [0.25, 0.3) is 5.91 Å². The predicted molar refractivity (Wildman–Crippen MR) is 141 cm³/mol. The van der Waals surface area contributed by atoms with Crippen LogP contribution in [0.1, 0.15) is 21.5 Å². The van der Waals surface area contributed by atoms with Gasteiger partial charge in [-0.25, -0.2) is 0 Å². The largest absolute Gasteiger partial charge is 0.490 e. The van der Waals surface area contributed by atoms with Gasteiger partial charge in [0.2, 0.25) is 0 Å². The van der Waals surface area contributed by atoms with E-state index >= 15 is 0 Å². The molecule has 1 unspecified atom stereocenters. The lowest BCUT2D eigenvalue weighted by atomic mass is 9.97. The molecule has 3 aromatic carbocycles. The molecular weight excluding hydrogens is 466 g/mol. The number of fused-ring (bicyclic) bond motifs is 3. The van der Waals surface area contributed by atoms with E-state index in [0.29, 0.717) is 44.0 Å². The third-order valence-corrected chi connectivity index (χ3v) is 7.06. The lowest BCUT2D eigenvalue weighted by Crippen LogP contribution is -2.51. The number of hydrogen-bond acceptors (Lipinski definition) is 6. The summed E-state index contributed by atoms with van der Waals surface area (Å²) < 4.78 is 12.1. The first-order valence-electron chi connectivity index (χ1n) is 12.7. The summed E-state index contributed by atoms with van der Waals surface area (Å²) in [7, 11) is 0. The molecule has 0 spiro atoms. The number of carbonyl (C=O) groups excluding carboxylic acids is 1. The molecule has 7 heteroatoms. The van der Waals surface area contributed by atoms with Crippen molar-refractivity contribution in [3.05, 3.63) is 95.7 Å². The molecule has 1 amide bonds. The number of carbonyl (C=O) groups is 1. The Labute approximate surface area is 215 Å². The molecule has 1 fully saturated rings. The maximum absolute atomic E-state index is 13.4. The molecule has 1 aromatic heterocycles. The van der Waals surface area contributed by atoms with Crippen molar-refractivity contribution in [2.75, 3.05) is 39.3 Å². The van der Waals surface area contributed by atoms with Crippen LogP contribution in [-0.4, -0.2) is 71.2 Å². The highest BCUT2D eigenvalue weighted by atomic mass is 16.5. The van der Waals surface area contributed by atoms with Gasteiger partial charge >= 0.3 is 0 Å². The summed E-state index contributed by atoms with van der Waals surface area (Å²) >= 11 is 0. The molecule has 0 bridgehead atoms.